The van der Waals surface area contributed by atoms with Gasteiger partial charge in [-0.05, 0) is 53.2 Å². The van der Waals surface area contributed by atoms with Gasteiger partial charge in [0.15, 0.2) is 5.75 Å². The minimum Gasteiger partial charge on any atom is -0.454 e. The highest BCUT2D eigenvalue weighted by molar-refractivity contribution is 6.11. The molecule has 5 nitrogen and oxygen atoms in total. The number of amides is 2. The molecule has 146 valence electrons. The first-order chi connectivity index (χ1) is 14.6. The summed E-state index contributed by atoms with van der Waals surface area (Å²) in [6.45, 7) is 0. The zero-order valence-corrected chi connectivity index (χ0v) is 16.3. The Morgan fingerprint density at radius 2 is 1.60 bits per heavy atom. The minimum absolute atomic E-state index is 0.197. The molecule has 0 spiro atoms. The molecule has 0 unspecified atom stereocenters. The number of fused-ring (bicyclic) bond motifs is 3. The number of ether oxygens (including phenoxy) is 1. The number of carbonyl (C=O) groups excluding carboxylic acids is 2. The van der Waals surface area contributed by atoms with E-state index in [-0.39, 0.29) is 11.8 Å². The molecular weight excluding hydrogens is 376 g/mol. The number of hydrogen-bond acceptors (Lipinski definition) is 3. The van der Waals surface area contributed by atoms with E-state index in [1.54, 1.807) is 36.2 Å². The van der Waals surface area contributed by atoms with Gasteiger partial charge in [0.1, 0.15) is 5.75 Å². The van der Waals surface area contributed by atoms with Crippen LogP contribution < -0.4 is 15.0 Å². The van der Waals surface area contributed by atoms with Gasteiger partial charge < -0.3 is 15.0 Å². The Kier molecular flexibility index (Phi) is 4.21. The fourth-order valence-electron chi connectivity index (χ4n) is 3.63. The summed E-state index contributed by atoms with van der Waals surface area (Å²) in [5.41, 5.74) is 2.17. The van der Waals surface area contributed by atoms with Crippen LogP contribution in [0.1, 0.15) is 20.7 Å². The highest BCUT2D eigenvalue weighted by Crippen LogP contribution is 2.38. The molecule has 5 heteroatoms. The zero-order chi connectivity index (χ0) is 20.7. The summed E-state index contributed by atoms with van der Waals surface area (Å²) in [5, 5.41) is 4.95. The van der Waals surface area contributed by atoms with Crippen LogP contribution in [0.3, 0.4) is 0 Å². The molecule has 1 heterocycles. The number of para-hydroxylation sites is 2. The lowest BCUT2D eigenvalue weighted by Crippen LogP contribution is -2.25. The average Bonchev–Trinajstić information content (AvgIpc) is 2.88. The average molecular weight is 394 g/mol. The first-order valence-electron chi connectivity index (χ1n) is 9.59. The molecule has 0 aliphatic carbocycles. The normalized spacial score (nSPS) is 12.6. The van der Waals surface area contributed by atoms with Crippen molar-refractivity contribution in [2.45, 2.75) is 0 Å². The van der Waals surface area contributed by atoms with E-state index in [4.69, 9.17) is 4.74 Å². The molecule has 4 aromatic carbocycles. The highest BCUT2D eigenvalue weighted by Gasteiger charge is 2.26. The molecule has 0 bridgehead atoms. The van der Waals surface area contributed by atoms with Crippen LogP contribution in [0.5, 0.6) is 11.5 Å². The fraction of sp³-hybridized carbons (Fsp3) is 0.0400. The Hall–Kier alpha value is -4.12. The number of nitrogens with one attached hydrogen (secondary N) is 1. The number of anilines is 2. The van der Waals surface area contributed by atoms with Crippen LogP contribution in [0, 0.1) is 0 Å². The minimum atomic E-state index is -0.237. The lowest BCUT2D eigenvalue weighted by Gasteiger charge is -2.16. The summed E-state index contributed by atoms with van der Waals surface area (Å²) >= 11 is 0. The van der Waals surface area contributed by atoms with Gasteiger partial charge in [-0.1, -0.05) is 42.5 Å². The summed E-state index contributed by atoms with van der Waals surface area (Å²) in [7, 11) is 1.71. The van der Waals surface area contributed by atoms with Gasteiger partial charge in [0.2, 0.25) is 0 Å². The summed E-state index contributed by atoms with van der Waals surface area (Å²) in [6, 6.07) is 25.9. The molecule has 0 fully saturated rings. The zero-order valence-electron chi connectivity index (χ0n) is 16.3. The maximum Gasteiger partial charge on any atom is 0.261 e. The summed E-state index contributed by atoms with van der Waals surface area (Å²) in [4.78, 5) is 27.3. The van der Waals surface area contributed by atoms with Crippen LogP contribution >= 0.6 is 0 Å². The number of hydrogen-bond donors (Lipinski definition) is 1. The highest BCUT2D eigenvalue weighted by atomic mass is 16.5. The van der Waals surface area contributed by atoms with Gasteiger partial charge in [-0.15, -0.1) is 0 Å². The molecule has 2 amide bonds. The van der Waals surface area contributed by atoms with Gasteiger partial charge in [0, 0.05) is 18.3 Å². The SMILES string of the molecule is CN1C(=O)c2cc(NC(=O)c3ccc4ccccc4c3)ccc2Oc2ccccc21. The van der Waals surface area contributed by atoms with Crippen LogP contribution in [0.25, 0.3) is 10.8 Å². The molecule has 0 saturated heterocycles. The second-order valence-electron chi connectivity index (χ2n) is 7.16. The number of rotatable bonds is 2. The van der Waals surface area contributed by atoms with Crippen LogP contribution in [0.2, 0.25) is 0 Å². The van der Waals surface area contributed by atoms with E-state index in [9.17, 15) is 9.59 Å². The van der Waals surface area contributed by atoms with Crippen molar-refractivity contribution in [1.82, 2.24) is 0 Å². The van der Waals surface area contributed by atoms with Crippen molar-refractivity contribution >= 4 is 34.0 Å². The predicted molar refractivity (Wildman–Crippen MR) is 118 cm³/mol. The monoisotopic (exact) mass is 394 g/mol. The van der Waals surface area contributed by atoms with Crippen molar-refractivity contribution in [3.05, 3.63) is 96.1 Å². The van der Waals surface area contributed by atoms with Gasteiger partial charge >= 0.3 is 0 Å². The molecule has 5 rings (SSSR count). The smallest absolute Gasteiger partial charge is 0.261 e. The van der Waals surface area contributed by atoms with E-state index in [1.807, 2.05) is 60.7 Å². The Labute approximate surface area is 173 Å². The lowest BCUT2D eigenvalue weighted by molar-refractivity contribution is 0.0990. The first-order valence-corrected chi connectivity index (χ1v) is 9.59. The lowest BCUT2D eigenvalue weighted by atomic mass is 10.1. The number of carbonyl (C=O) groups is 2. The summed E-state index contributed by atoms with van der Waals surface area (Å²) < 4.78 is 5.96. The van der Waals surface area contributed by atoms with Crippen molar-refractivity contribution < 1.29 is 14.3 Å². The standard InChI is InChI=1S/C25H18N2O3/c1-27-21-8-4-5-9-23(21)30-22-13-12-19(15-20(22)25(27)29)26-24(28)18-11-10-16-6-2-3-7-17(16)14-18/h2-15H,1H3,(H,26,28). The summed E-state index contributed by atoms with van der Waals surface area (Å²) in [5.74, 6) is 0.636. The van der Waals surface area contributed by atoms with Gasteiger partial charge in [-0.25, -0.2) is 0 Å². The maximum absolute atomic E-state index is 13.0. The van der Waals surface area contributed by atoms with Crippen LogP contribution in [-0.2, 0) is 0 Å². The Balaban J connectivity index is 1.45. The second-order valence-corrected chi connectivity index (χ2v) is 7.16. The second kappa shape index (κ2) is 7.04. The van der Waals surface area contributed by atoms with E-state index in [0.29, 0.717) is 34.0 Å². The van der Waals surface area contributed by atoms with E-state index >= 15 is 0 Å². The summed E-state index contributed by atoms with van der Waals surface area (Å²) in [6.07, 6.45) is 0. The Morgan fingerprint density at radius 1 is 0.833 bits per heavy atom. The molecule has 0 saturated carbocycles. The molecular formula is C25H18N2O3. The topological polar surface area (TPSA) is 58.6 Å². The van der Waals surface area contributed by atoms with Crippen molar-refractivity contribution in [2.24, 2.45) is 0 Å². The van der Waals surface area contributed by atoms with Gasteiger partial charge in [-0.3, -0.25) is 9.59 Å². The van der Waals surface area contributed by atoms with Crippen LogP contribution in [-0.4, -0.2) is 18.9 Å². The van der Waals surface area contributed by atoms with Gasteiger partial charge in [-0.2, -0.15) is 0 Å². The molecule has 0 aromatic heterocycles. The maximum atomic E-state index is 13.0. The molecule has 0 atom stereocenters. The molecule has 0 radical (unpaired) electrons. The van der Waals surface area contributed by atoms with Crippen molar-refractivity contribution in [1.29, 1.82) is 0 Å². The molecule has 1 aliphatic heterocycles. The van der Waals surface area contributed by atoms with Crippen LogP contribution in [0.15, 0.2) is 84.9 Å². The third kappa shape index (κ3) is 3.06. The molecule has 1 N–H and O–H groups in total. The van der Waals surface area contributed by atoms with Crippen molar-refractivity contribution in [3.8, 4) is 11.5 Å². The third-order valence-electron chi connectivity index (χ3n) is 5.23. The third-order valence-corrected chi connectivity index (χ3v) is 5.23. The van der Waals surface area contributed by atoms with E-state index in [1.165, 1.54) is 0 Å². The number of benzene rings is 4. The number of nitrogens with zero attached hydrogens (tertiary/aromatic N) is 1. The Bertz CT molecular complexity index is 1310. The van der Waals surface area contributed by atoms with E-state index in [2.05, 4.69) is 5.32 Å². The quantitative estimate of drug-likeness (QED) is 0.490. The molecule has 30 heavy (non-hydrogen) atoms. The van der Waals surface area contributed by atoms with Crippen molar-refractivity contribution in [2.75, 3.05) is 17.3 Å². The largest absolute Gasteiger partial charge is 0.454 e. The first kappa shape index (κ1) is 17.9. The molecule has 4 aromatic rings. The fourth-order valence-corrected chi connectivity index (χ4v) is 3.63. The van der Waals surface area contributed by atoms with Gasteiger partial charge in [0.25, 0.3) is 11.8 Å². The van der Waals surface area contributed by atoms with E-state index in [0.717, 1.165) is 10.8 Å². The van der Waals surface area contributed by atoms with Crippen LogP contribution in [0.4, 0.5) is 11.4 Å². The molecule has 1 aliphatic rings. The van der Waals surface area contributed by atoms with E-state index < -0.39 is 0 Å². The Morgan fingerprint density at radius 3 is 2.47 bits per heavy atom. The van der Waals surface area contributed by atoms with Crippen molar-refractivity contribution in [3.63, 3.8) is 0 Å². The van der Waals surface area contributed by atoms with Gasteiger partial charge in [0.05, 0.1) is 11.3 Å². The predicted octanol–water partition coefficient (Wildman–Crippen LogP) is 5.47.